The zero-order valence-corrected chi connectivity index (χ0v) is 12.7. The molecule has 21 heavy (non-hydrogen) atoms. The van der Waals surface area contributed by atoms with Gasteiger partial charge in [-0.15, -0.1) is 11.3 Å². The summed E-state index contributed by atoms with van der Waals surface area (Å²) < 4.78 is 0. The largest absolute Gasteiger partial charge is 0.302 e. The molecule has 0 unspecified atom stereocenters. The van der Waals surface area contributed by atoms with Gasteiger partial charge in [0.1, 0.15) is 0 Å². The third-order valence-electron chi connectivity index (χ3n) is 4.53. The molecule has 1 amide bonds. The maximum Gasteiger partial charge on any atom is 0.229 e. The van der Waals surface area contributed by atoms with Crippen LogP contribution in [-0.4, -0.2) is 10.9 Å². The number of hydrogen-bond acceptors (Lipinski definition) is 3. The second-order valence-electron chi connectivity index (χ2n) is 5.95. The molecule has 0 spiro atoms. The SMILES string of the molecule is O=C(Nc1nc2c(s1)Cc1ccccc1-2)C1CCCCC1. The summed E-state index contributed by atoms with van der Waals surface area (Å²) in [5.41, 5.74) is 3.63. The molecule has 2 aromatic rings. The van der Waals surface area contributed by atoms with Gasteiger partial charge in [-0.1, -0.05) is 43.5 Å². The highest BCUT2D eigenvalue weighted by atomic mass is 32.1. The van der Waals surface area contributed by atoms with Crippen LogP contribution in [0.5, 0.6) is 0 Å². The maximum atomic E-state index is 12.3. The number of benzene rings is 1. The summed E-state index contributed by atoms with van der Waals surface area (Å²) in [6, 6.07) is 8.40. The topological polar surface area (TPSA) is 42.0 Å². The number of hydrogen-bond donors (Lipinski definition) is 1. The van der Waals surface area contributed by atoms with E-state index >= 15 is 0 Å². The number of thiazole rings is 1. The fourth-order valence-corrected chi connectivity index (χ4v) is 4.39. The minimum Gasteiger partial charge on any atom is -0.302 e. The Bertz CT molecular complexity index is 686. The minimum atomic E-state index is 0.162. The van der Waals surface area contributed by atoms with E-state index in [-0.39, 0.29) is 11.8 Å². The second kappa shape index (κ2) is 5.26. The number of carbonyl (C=O) groups is 1. The molecule has 3 nitrogen and oxygen atoms in total. The number of fused-ring (bicyclic) bond motifs is 3. The Morgan fingerprint density at radius 3 is 2.86 bits per heavy atom. The molecule has 0 atom stereocenters. The first-order valence-electron chi connectivity index (χ1n) is 7.70. The van der Waals surface area contributed by atoms with Crippen molar-refractivity contribution < 1.29 is 4.79 Å². The molecule has 1 aromatic carbocycles. The lowest BCUT2D eigenvalue weighted by molar-refractivity contribution is -0.120. The van der Waals surface area contributed by atoms with Crippen molar-refractivity contribution in [1.29, 1.82) is 0 Å². The molecule has 1 fully saturated rings. The Morgan fingerprint density at radius 2 is 2.00 bits per heavy atom. The molecule has 1 aromatic heterocycles. The Balaban J connectivity index is 1.53. The highest BCUT2D eigenvalue weighted by Gasteiger charge is 2.25. The molecule has 1 saturated carbocycles. The molecule has 0 radical (unpaired) electrons. The quantitative estimate of drug-likeness (QED) is 0.769. The Labute approximate surface area is 128 Å². The van der Waals surface area contributed by atoms with Gasteiger partial charge in [-0.3, -0.25) is 4.79 Å². The predicted octanol–water partition coefficient (Wildman–Crippen LogP) is 4.23. The van der Waals surface area contributed by atoms with E-state index in [0.29, 0.717) is 0 Å². The summed E-state index contributed by atoms with van der Waals surface area (Å²) in [7, 11) is 0. The molecule has 4 heteroatoms. The van der Waals surface area contributed by atoms with E-state index in [1.165, 1.54) is 35.3 Å². The number of nitrogens with zero attached hydrogens (tertiary/aromatic N) is 1. The number of anilines is 1. The normalized spacial score (nSPS) is 17.3. The third-order valence-corrected chi connectivity index (χ3v) is 5.50. The van der Waals surface area contributed by atoms with Crippen molar-refractivity contribution in [2.24, 2.45) is 5.92 Å². The van der Waals surface area contributed by atoms with Gasteiger partial charge in [-0.05, 0) is 18.4 Å². The molecular weight excluding hydrogens is 280 g/mol. The Morgan fingerprint density at radius 1 is 1.19 bits per heavy atom. The fraction of sp³-hybridized carbons (Fsp3) is 0.412. The number of nitrogens with one attached hydrogen (secondary N) is 1. The first-order chi connectivity index (χ1) is 10.3. The summed E-state index contributed by atoms with van der Waals surface area (Å²) in [4.78, 5) is 18.2. The lowest BCUT2D eigenvalue weighted by atomic mass is 9.89. The van der Waals surface area contributed by atoms with Gasteiger partial charge in [0.05, 0.1) is 5.69 Å². The van der Waals surface area contributed by atoms with Crippen LogP contribution in [-0.2, 0) is 11.2 Å². The van der Waals surface area contributed by atoms with Crippen LogP contribution in [0.25, 0.3) is 11.3 Å². The monoisotopic (exact) mass is 298 g/mol. The Hall–Kier alpha value is -1.68. The minimum absolute atomic E-state index is 0.162. The van der Waals surface area contributed by atoms with Gasteiger partial charge in [-0.2, -0.15) is 0 Å². The number of carbonyl (C=O) groups excluding carboxylic acids is 1. The van der Waals surface area contributed by atoms with Crippen LogP contribution in [0, 0.1) is 5.92 Å². The van der Waals surface area contributed by atoms with Gasteiger partial charge in [-0.25, -0.2) is 4.98 Å². The van der Waals surface area contributed by atoms with E-state index in [1.807, 2.05) is 6.07 Å². The molecule has 0 saturated heterocycles. The van der Waals surface area contributed by atoms with Gasteiger partial charge in [0.15, 0.2) is 5.13 Å². The number of rotatable bonds is 2. The predicted molar refractivity (Wildman–Crippen MR) is 85.6 cm³/mol. The molecule has 108 valence electrons. The van der Waals surface area contributed by atoms with E-state index in [2.05, 4.69) is 28.5 Å². The summed E-state index contributed by atoms with van der Waals surface area (Å²) in [6.45, 7) is 0. The standard InChI is InChI=1S/C17H18N2OS/c20-16(11-6-2-1-3-7-11)19-17-18-15-13-9-5-4-8-12(13)10-14(15)21-17/h4-5,8-9,11H,1-3,6-7,10H2,(H,18,19,20). The van der Waals surface area contributed by atoms with Crippen molar-refractivity contribution in [2.75, 3.05) is 5.32 Å². The lowest BCUT2D eigenvalue weighted by Gasteiger charge is -2.19. The zero-order valence-electron chi connectivity index (χ0n) is 11.9. The van der Waals surface area contributed by atoms with Crippen LogP contribution in [0.2, 0.25) is 0 Å². The van der Waals surface area contributed by atoms with Gasteiger partial charge in [0.25, 0.3) is 0 Å². The molecular formula is C17H18N2OS. The first-order valence-corrected chi connectivity index (χ1v) is 8.52. The van der Waals surface area contributed by atoms with Crippen molar-refractivity contribution in [1.82, 2.24) is 4.98 Å². The van der Waals surface area contributed by atoms with E-state index in [0.717, 1.165) is 30.1 Å². The molecule has 0 aliphatic heterocycles. The molecule has 2 aliphatic rings. The second-order valence-corrected chi connectivity index (χ2v) is 7.03. The van der Waals surface area contributed by atoms with E-state index < -0.39 is 0 Å². The molecule has 1 heterocycles. The smallest absolute Gasteiger partial charge is 0.229 e. The van der Waals surface area contributed by atoms with E-state index in [4.69, 9.17) is 0 Å². The molecule has 2 aliphatic carbocycles. The maximum absolute atomic E-state index is 12.3. The number of amides is 1. The van der Waals surface area contributed by atoms with Crippen molar-refractivity contribution in [3.8, 4) is 11.3 Å². The average Bonchev–Trinajstić information content (AvgIpc) is 3.05. The van der Waals surface area contributed by atoms with Crippen molar-refractivity contribution in [2.45, 2.75) is 38.5 Å². The summed E-state index contributed by atoms with van der Waals surface area (Å²) in [5, 5.41) is 3.81. The average molecular weight is 298 g/mol. The summed E-state index contributed by atoms with van der Waals surface area (Å²) in [5.74, 6) is 0.347. The molecule has 0 bridgehead atoms. The van der Waals surface area contributed by atoms with Crippen LogP contribution in [0.15, 0.2) is 24.3 Å². The van der Waals surface area contributed by atoms with Crippen molar-refractivity contribution in [3.63, 3.8) is 0 Å². The van der Waals surface area contributed by atoms with E-state index in [1.54, 1.807) is 11.3 Å². The van der Waals surface area contributed by atoms with Gasteiger partial charge in [0.2, 0.25) is 5.91 Å². The molecule has 1 N–H and O–H groups in total. The van der Waals surface area contributed by atoms with Crippen molar-refractivity contribution >= 4 is 22.4 Å². The zero-order chi connectivity index (χ0) is 14.2. The van der Waals surface area contributed by atoms with Crippen LogP contribution >= 0.6 is 11.3 Å². The van der Waals surface area contributed by atoms with Crippen LogP contribution in [0.1, 0.15) is 42.5 Å². The van der Waals surface area contributed by atoms with Crippen LogP contribution < -0.4 is 5.32 Å². The number of aromatic nitrogens is 1. The molecule has 4 rings (SSSR count). The highest BCUT2D eigenvalue weighted by Crippen LogP contribution is 2.41. The Kier molecular flexibility index (Phi) is 3.26. The van der Waals surface area contributed by atoms with Crippen molar-refractivity contribution in [3.05, 3.63) is 34.7 Å². The summed E-state index contributed by atoms with van der Waals surface area (Å²) >= 11 is 1.63. The van der Waals surface area contributed by atoms with Crippen LogP contribution in [0.3, 0.4) is 0 Å². The third kappa shape index (κ3) is 2.38. The highest BCUT2D eigenvalue weighted by molar-refractivity contribution is 7.16. The van der Waals surface area contributed by atoms with Crippen LogP contribution in [0.4, 0.5) is 5.13 Å². The van der Waals surface area contributed by atoms with Gasteiger partial charge in [0, 0.05) is 22.8 Å². The fourth-order valence-electron chi connectivity index (χ4n) is 3.39. The summed E-state index contributed by atoms with van der Waals surface area (Å²) in [6.07, 6.45) is 6.63. The lowest BCUT2D eigenvalue weighted by Crippen LogP contribution is -2.24. The van der Waals surface area contributed by atoms with Gasteiger partial charge >= 0.3 is 0 Å². The first kappa shape index (κ1) is 13.0. The van der Waals surface area contributed by atoms with E-state index in [9.17, 15) is 4.79 Å². The van der Waals surface area contributed by atoms with Gasteiger partial charge < -0.3 is 5.32 Å².